The van der Waals surface area contributed by atoms with Gasteiger partial charge in [0.05, 0.1) is 16.7 Å². The van der Waals surface area contributed by atoms with Gasteiger partial charge in [-0.2, -0.15) is 0 Å². The summed E-state index contributed by atoms with van der Waals surface area (Å²) in [6, 6.07) is 33.6. The Balaban J connectivity index is 1.58. The molecule has 33 heavy (non-hydrogen) atoms. The summed E-state index contributed by atoms with van der Waals surface area (Å²) in [5.41, 5.74) is 4.90. The summed E-state index contributed by atoms with van der Waals surface area (Å²) in [7, 11) is 0. The highest BCUT2D eigenvalue weighted by atomic mass is 32.1. The Morgan fingerprint density at radius 2 is 1.33 bits per heavy atom. The van der Waals surface area contributed by atoms with Gasteiger partial charge in [0, 0.05) is 48.3 Å². The fourth-order valence-electron chi connectivity index (χ4n) is 4.62. The van der Waals surface area contributed by atoms with Crippen LogP contribution in [0.3, 0.4) is 0 Å². The zero-order chi connectivity index (χ0) is 21.8. The lowest BCUT2D eigenvalue weighted by Gasteiger charge is -2.11. The van der Waals surface area contributed by atoms with Crippen molar-refractivity contribution in [3.63, 3.8) is 0 Å². The quantitative estimate of drug-likeness (QED) is 0.275. The third kappa shape index (κ3) is 2.85. The monoisotopic (exact) mass is 439 g/mol. The second-order valence-corrected chi connectivity index (χ2v) is 9.13. The van der Waals surface area contributed by atoms with Gasteiger partial charge in [-0.25, -0.2) is 9.97 Å². The lowest BCUT2D eigenvalue weighted by atomic mass is 10.0. The van der Waals surface area contributed by atoms with Crippen molar-refractivity contribution in [2.75, 3.05) is 0 Å². The van der Waals surface area contributed by atoms with Crippen LogP contribution in [0.4, 0.5) is 0 Å². The van der Waals surface area contributed by atoms with Gasteiger partial charge in [-0.15, -0.1) is 11.3 Å². The maximum absolute atomic E-state index is 5.17. The molecule has 0 radical (unpaired) electrons. The summed E-state index contributed by atoms with van der Waals surface area (Å²) in [6.07, 6.45) is 1.83. The first-order valence-electron chi connectivity index (χ1n) is 10.9. The van der Waals surface area contributed by atoms with Crippen LogP contribution in [-0.2, 0) is 0 Å². The Hall–Kier alpha value is -4.15. The Morgan fingerprint density at radius 1 is 0.576 bits per heavy atom. The molecule has 3 nitrogen and oxygen atoms in total. The van der Waals surface area contributed by atoms with Gasteiger partial charge in [-0.1, -0.05) is 72.8 Å². The van der Waals surface area contributed by atoms with E-state index < -0.39 is 0 Å². The minimum atomic E-state index is 0.700. The van der Waals surface area contributed by atoms with E-state index >= 15 is 0 Å². The number of rotatable bonds is 2. The molecule has 0 atom stereocenters. The van der Waals surface area contributed by atoms with Crippen molar-refractivity contribution in [1.82, 2.24) is 15.0 Å². The van der Waals surface area contributed by atoms with Crippen LogP contribution in [0.1, 0.15) is 0 Å². The van der Waals surface area contributed by atoms with E-state index in [0.717, 1.165) is 38.6 Å². The number of hydrogen-bond acceptors (Lipinski definition) is 4. The van der Waals surface area contributed by atoms with E-state index in [-0.39, 0.29) is 0 Å². The number of thiophene rings is 1. The molecular weight excluding hydrogens is 422 g/mol. The molecule has 0 saturated heterocycles. The second kappa shape index (κ2) is 7.19. The van der Waals surface area contributed by atoms with Crippen LogP contribution in [-0.4, -0.2) is 15.0 Å². The van der Waals surface area contributed by atoms with Crippen LogP contribution in [0.15, 0.2) is 103 Å². The standard InChI is InChI=1S/C29H17N3S/c1-3-15-24-21(11-1)27(22-13-6-12-20-19-10-2-4-16-25(19)33-28(20)22)32-29(31-24)23-14-5-8-18-9-7-17-30-26(18)23/h1-17H. The topological polar surface area (TPSA) is 38.7 Å². The molecule has 0 fully saturated rings. The maximum Gasteiger partial charge on any atom is 0.162 e. The summed E-state index contributed by atoms with van der Waals surface area (Å²) < 4.78 is 2.54. The van der Waals surface area contributed by atoms with Gasteiger partial charge in [0.25, 0.3) is 0 Å². The highest BCUT2D eigenvalue weighted by molar-refractivity contribution is 7.26. The number of nitrogens with zero attached hydrogens (tertiary/aromatic N) is 3. The van der Waals surface area contributed by atoms with Gasteiger partial charge < -0.3 is 0 Å². The first kappa shape index (κ1) is 18.4. The minimum absolute atomic E-state index is 0.700. The summed E-state index contributed by atoms with van der Waals surface area (Å²) >= 11 is 1.82. The SMILES string of the molecule is c1cnc2c(-c3nc(-c4cccc5c4sc4ccccc45)c4ccccc4n3)cccc2c1. The van der Waals surface area contributed by atoms with Crippen molar-refractivity contribution in [1.29, 1.82) is 0 Å². The number of para-hydroxylation sites is 2. The van der Waals surface area contributed by atoms with Crippen molar-refractivity contribution >= 4 is 53.3 Å². The number of pyridine rings is 1. The summed E-state index contributed by atoms with van der Waals surface area (Å²) in [4.78, 5) is 14.8. The number of benzene rings is 4. The molecular formula is C29H17N3S. The van der Waals surface area contributed by atoms with Crippen molar-refractivity contribution in [3.8, 4) is 22.6 Å². The number of aromatic nitrogens is 3. The van der Waals surface area contributed by atoms with Crippen LogP contribution in [0, 0.1) is 0 Å². The van der Waals surface area contributed by atoms with E-state index in [0.29, 0.717) is 5.82 Å². The molecule has 7 aromatic rings. The van der Waals surface area contributed by atoms with Crippen molar-refractivity contribution in [2.45, 2.75) is 0 Å². The maximum atomic E-state index is 5.17. The van der Waals surface area contributed by atoms with E-state index in [1.807, 2.05) is 35.7 Å². The largest absolute Gasteiger partial charge is 0.255 e. The smallest absolute Gasteiger partial charge is 0.162 e. The van der Waals surface area contributed by atoms with Crippen molar-refractivity contribution in [2.24, 2.45) is 0 Å². The Bertz CT molecular complexity index is 1830. The molecule has 0 aliphatic heterocycles. The van der Waals surface area contributed by atoms with Gasteiger partial charge in [0.2, 0.25) is 0 Å². The molecule has 0 unspecified atom stereocenters. The van der Waals surface area contributed by atoms with Gasteiger partial charge in [-0.05, 0) is 24.3 Å². The molecule has 4 heteroatoms. The van der Waals surface area contributed by atoms with Gasteiger partial charge >= 0.3 is 0 Å². The predicted molar refractivity (Wildman–Crippen MR) is 139 cm³/mol. The molecule has 3 heterocycles. The van der Waals surface area contributed by atoms with E-state index in [4.69, 9.17) is 9.97 Å². The number of fused-ring (bicyclic) bond motifs is 5. The van der Waals surface area contributed by atoms with Crippen LogP contribution in [0.2, 0.25) is 0 Å². The van der Waals surface area contributed by atoms with Crippen LogP contribution < -0.4 is 0 Å². The van der Waals surface area contributed by atoms with E-state index in [9.17, 15) is 0 Å². The van der Waals surface area contributed by atoms with Gasteiger partial charge in [0.1, 0.15) is 0 Å². The highest BCUT2D eigenvalue weighted by Crippen LogP contribution is 2.41. The molecule has 0 N–H and O–H groups in total. The van der Waals surface area contributed by atoms with E-state index in [1.54, 1.807) is 0 Å². The Morgan fingerprint density at radius 3 is 2.30 bits per heavy atom. The molecule has 0 aliphatic carbocycles. The second-order valence-electron chi connectivity index (χ2n) is 8.07. The number of hydrogen-bond donors (Lipinski definition) is 0. The summed E-state index contributed by atoms with van der Waals surface area (Å²) in [5.74, 6) is 0.700. The first-order chi connectivity index (χ1) is 16.4. The zero-order valence-corrected chi connectivity index (χ0v) is 18.4. The summed E-state index contributed by atoms with van der Waals surface area (Å²) in [6.45, 7) is 0. The van der Waals surface area contributed by atoms with Crippen LogP contribution in [0.25, 0.3) is 64.6 Å². The van der Waals surface area contributed by atoms with Crippen molar-refractivity contribution in [3.05, 3.63) is 103 Å². The first-order valence-corrected chi connectivity index (χ1v) is 11.7. The molecule has 0 saturated carbocycles. The third-order valence-electron chi connectivity index (χ3n) is 6.14. The molecule has 0 spiro atoms. The lowest BCUT2D eigenvalue weighted by molar-refractivity contribution is 1.23. The molecule has 0 aliphatic rings. The fraction of sp³-hybridized carbons (Fsp3) is 0. The average Bonchev–Trinajstić information content (AvgIpc) is 3.27. The molecule has 0 bridgehead atoms. The normalized spacial score (nSPS) is 11.6. The van der Waals surface area contributed by atoms with E-state index in [1.165, 1.54) is 20.2 Å². The molecule has 4 aromatic carbocycles. The third-order valence-corrected chi connectivity index (χ3v) is 7.36. The molecule has 3 aromatic heterocycles. The average molecular weight is 440 g/mol. The van der Waals surface area contributed by atoms with Crippen molar-refractivity contribution < 1.29 is 0 Å². The van der Waals surface area contributed by atoms with E-state index in [2.05, 4.69) is 83.8 Å². The summed E-state index contributed by atoms with van der Waals surface area (Å²) in [5, 5.41) is 4.69. The lowest BCUT2D eigenvalue weighted by Crippen LogP contribution is -1.96. The van der Waals surface area contributed by atoms with Gasteiger partial charge in [-0.3, -0.25) is 4.98 Å². The Kier molecular flexibility index (Phi) is 4.01. The molecule has 154 valence electrons. The van der Waals surface area contributed by atoms with Gasteiger partial charge in [0.15, 0.2) is 5.82 Å². The molecule has 0 amide bonds. The van der Waals surface area contributed by atoms with Crippen LogP contribution in [0.5, 0.6) is 0 Å². The van der Waals surface area contributed by atoms with Crippen LogP contribution >= 0.6 is 11.3 Å². The zero-order valence-electron chi connectivity index (χ0n) is 17.6. The molecule has 7 rings (SSSR count). The highest BCUT2D eigenvalue weighted by Gasteiger charge is 2.17. The minimum Gasteiger partial charge on any atom is -0.255 e. The fourth-order valence-corrected chi connectivity index (χ4v) is 5.84. The predicted octanol–water partition coefficient (Wildman–Crippen LogP) is 7.88. The Labute approximate surface area is 194 Å².